The standard InChI is InChI=1S/C20H27NO6/c1-20(2)25-14-10-13-15(19(22)23-4)16(21(3)27-13)18(17(14)26-20)24-11-12-8-6-5-7-9-12/h5-9,13-18H,10-11H2,1-4H3/t13-,14+,15-,16-,17-,18+/m0/s1. The molecule has 1 aromatic carbocycles. The number of methoxy groups -OCH3 is 1. The fourth-order valence-corrected chi connectivity index (χ4v) is 4.53. The highest BCUT2D eigenvalue weighted by Crippen LogP contribution is 2.45. The van der Waals surface area contributed by atoms with Crippen molar-refractivity contribution in [1.29, 1.82) is 0 Å². The zero-order valence-electron chi connectivity index (χ0n) is 16.2. The van der Waals surface area contributed by atoms with Crippen molar-refractivity contribution in [3.63, 3.8) is 0 Å². The van der Waals surface area contributed by atoms with E-state index in [9.17, 15) is 4.79 Å². The van der Waals surface area contributed by atoms with Crippen LogP contribution in [0.3, 0.4) is 0 Å². The lowest BCUT2D eigenvalue weighted by Crippen LogP contribution is -2.51. The van der Waals surface area contributed by atoms with E-state index in [1.807, 2.05) is 51.2 Å². The molecule has 148 valence electrons. The zero-order valence-corrected chi connectivity index (χ0v) is 16.2. The molecule has 7 heteroatoms. The zero-order chi connectivity index (χ0) is 19.2. The SMILES string of the molecule is COC(=O)[C@@H]1[C@H]2[C@@H](OCc3ccccc3)[C@H]3OC(C)(C)O[C@@H]3C[C@@H]1ON2C. The molecule has 7 nitrogen and oxygen atoms in total. The second-order valence-corrected chi connectivity index (χ2v) is 7.87. The summed E-state index contributed by atoms with van der Waals surface area (Å²) in [5.74, 6) is -1.43. The number of fused-ring (bicyclic) bond motifs is 3. The minimum atomic E-state index is -0.695. The van der Waals surface area contributed by atoms with Crippen LogP contribution >= 0.6 is 0 Å². The van der Waals surface area contributed by atoms with Gasteiger partial charge in [0.05, 0.1) is 32.0 Å². The largest absolute Gasteiger partial charge is 0.469 e. The van der Waals surface area contributed by atoms with E-state index in [4.69, 9.17) is 23.8 Å². The van der Waals surface area contributed by atoms with Gasteiger partial charge in [0.15, 0.2) is 5.79 Å². The van der Waals surface area contributed by atoms with E-state index >= 15 is 0 Å². The Morgan fingerprint density at radius 2 is 1.96 bits per heavy atom. The number of carbonyl (C=O) groups excluding carboxylic acids is 1. The topological polar surface area (TPSA) is 66.5 Å². The molecule has 0 N–H and O–H groups in total. The summed E-state index contributed by atoms with van der Waals surface area (Å²) < 4.78 is 23.7. The second kappa shape index (κ2) is 7.14. The lowest BCUT2D eigenvalue weighted by molar-refractivity contribution is -0.199. The number of hydrogen-bond acceptors (Lipinski definition) is 7. The van der Waals surface area contributed by atoms with Gasteiger partial charge in [-0.1, -0.05) is 30.3 Å². The Balaban J connectivity index is 1.64. The normalized spacial score (nSPS) is 37.6. The molecule has 6 atom stereocenters. The molecule has 1 saturated carbocycles. The monoisotopic (exact) mass is 377 g/mol. The van der Waals surface area contributed by atoms with E-state index in [-0.39, 0.29) is 30.3 Å². The summed E-state index contributed by atoms with van der Waals surface area (Å²) in [6.07, 6.45) is -0.630. The molecule has 0 spiro atoms. The third-order valence-electron chi connectivity index (χ3n) is 5.60. The number of benzene rings is 1. The predicted molar refractivity (Wildman–Crippen MR) is 95.4 cm³/mol. The Morgan fingerprint density at radius 3 is 2.67 bits per heavy atom. The van der Waals surface area contributed by atoms with Gasteiger partial charge in [0.1, 0.15) is 18.1 Å². The van der Waals surface area contributed by atoms with Gasteiger partial charge in [-0.3, -0.25) is 9.63 Å². The molecule has 2 heterocycles. The molecule has 2 saturated heterocycles. The molecule has 2 bridgehead atoms. The van der Waals surface area contributed by atoms with Gasteiger partial charge in [-0.2, -0.15) is 5.06 Å². The Hall–Kier alpha value is -1.51. The average molecular weight is 377 g/mol. The van der Waals surface area contributed by atoms with Crippen molar-refractivity contribution >= 4 is 5.97 Å². The van der Waals surface area contributed by atoms with Gasteiger partial charge >= 0.3 is 5.97 Å². The Morgan fingerprint density at radius 1 is 1.22 bits per heavy atom. The summed E-state index contributed by atoms with van der Waals surface area (Å²) in [5, 5.41) is 1.73. The van der Waals surface area contributed by atoms with Crippen LogP contribution in [0.2, 0.25) is 0 Å². The number of carbonyl (C=O) groups is 1. The van der Waals surface area contributed by atoms with Crippen LogP contribution in [0.25, 0.3) is 0 Å². The van der Waals surface area contributed by atoms with Crippen molar-refractivity contribution in [2.75, 3.05) is 14.2 Å². The lowest BCUT2D eigenvalue weighted by Gasteiger charge is -2.34. The number of hydroxylamine groups is 2. The van der Waals surface area contributed by atoms with Crippen molar-refractivity contribution in [3.8, 4) is 0 Å². The number of esters is 1. The molecule has 4 rings (SSSR count). The molecular weight excluding hydrogens is 350 g/mol. The Kier molecular flexibility index (Phi) is 4.98. The van der Waals surface area contributed by atoms with Gasteiger partial charge < -0.3 is 18.9 Å². The third-order valence-corrected chi connectivity index (χ3v) is 5.60. The average Bonchev–Trinajstić information content (AvgIpc) is 3.07. The highest BCUT2D eigenvalue weighted by atomic mass is 16.8. The Labute approximate surface area is 159 Å². The first-order chi connectivity index (χ1) is 12.9. The minimum Gasteiger partial charge on any atom is -0.469 e. The summed E-state index contributed by atoms with van der Waals surface area (Å²) in [6, 6.07) is 9.64. The van der Waals surface area contributed by atoms with Crippen molar-refractivity contribution in [2.45, 2.75) is 63.1 Å². The summed E-state index contributed by atoms with van der Waals surface area (Å²) >= 11 is 0. The van der Waals surface area contributed by atoms with E-state index in [1.165, 1.54) is 7.11 Å². The van der Waals surface area contributed by atoms with Crippen LogP contribution in [-0.2, 0) is 35.2 Å². The molecule has 1 aliphatic carbocycles. The predicted octanol–water partition coefficient (Wildman–Crippen LogP) is 1.90. The maximum atomic E-state index is 12.5. The first-order valence-electron chi connectivity index (χ1n) is 9.38. The van der Waals surface area contributed by atoms with Crippen LogP contribution in [0.5, 0.6) is 0 Å². The number of ether oxygens (including phenoxy) is 4. The maximum absolute atomic E-state index is 12.5. The molecule has 2 aliphatic heterocycles. The van der Waals surface area contributed by atoms with Gasteiger partial charge in [0.2, 0.25) is 0 Å². The van der Waals surface area contributed by atoms with Gasteiger partial charge in [-0.15, -0.1) is 0 Å². The molecule has 3 aliphatic rings. The molecule has 3 fully saturated rings. The van der Waals surface area contributed by atoms with E-state index in [0.29, 0.717) is 13.0 Å². The van der Waals surface area contributed by atoms with E-state index in [2.05, 4.69) is 0 Å². The van der Waals surface area contributed by atoms with Gasteiger partial charge in [-0.25, -0.2) is 0 Å². The first-order valence-corrected chi connectivity index (χ1v) is 9.38. The van der Waals surface area contributed by atoms with Gasteiger partial charge in [0, 0.05) is 13.5 Å². The minimum absolute atomic E-state index is 0.198. The quantitative estimate of drug-likeness (QED) is 0.743. The van der Waals surface area contributed by atoms with Crippen LogP contribution in [0.15, 0.2) is 30.3 Å². The molecule has 1 aromatic rings. The number of likely N-dealkylation sites (N-methyl/N-ethyl adjacent to an activating group) is 1. The van der Waals surface area contributed by atoms with Crippen molar-refractivity contribution in [1.82, 2.24) is 5.06 Å². The number of hydrogen-bond donors (Lipinski definition) is 0. The summed E-state index contributed by atoms with van der Waals surface area (Å²) in [7, 11) is 3.24. The highest BCUT2D eigenvalue weighted by Gasteiger charge is 2.61. The summed E-state index contributed by atoms with van der Waals surface area (Å²) in [4.78, 5) is 18.5. The van der Waals surface area contributed by atoms with Crippen LogP contribution in [-0.4, -0.2) is 61.4 Å². The molecular formula is C20H27NO6. The summed E-state index contributed by atoms with van der Waals surface area (Å²) in [6.45, 7) is 4.22. The Bertz CT molecular complexity index is 680. The van der Waals surface area contributed by atoms with Gasteiger partial charge in [0.25, 0.3) is 0 Å². The number of nitrogens with zero attached hydrogens (tertiary/aromatic N) is 1. The highest BCUT2D eigenvalue weighted by molar-refractivity contribution is 5.74. The van der Waals surface area contributed by atoms with Crippen molar-refractivity contribution < 1.29 is 28.6 Å². The van der Waals surface area contributed by atoms with Crippen LogP contribution in [0, 0.1) is 5.92 Å². The lowest BCUT2D eigenvalue weighted by atomic mass is 9.91. The molecule has 0 amide bonds. The van der Waals surface area contributed by atoms with Crippen LogP contribution < -0.4 is 0 Å². The fraction of sp³-hybridized carbons (Fsp3) is 0.650. The fourth-order valence-electron chi connectivity index (χ4n) is 4.53. The molecule has 27 heavy (non-hydrogen) atoms. The maximum Gasteiger partial charge on any atom is 0.313 e. The van der Waals surface area contributed by atoms with Crippen LogP contribution in [0.4, 0.5) is 0 Å². The van der Waals surface area contributed by atoms with Crippen molar-refractivity contribution in [2.24, 2.45) is 5.92 Å². The van der Waals surface area contributed by atoms with E-state index in [1.54, 1.807) is 5.06 Å². The molecule has 0 aromatic heterocycles. The smallest absolute Gasteiger partial charge is 0.313 e. The second-order valence-electron chi connectivity index (χ2n) is 7.87. The molecule has 0 radical (unpaired) electrons. The van der Waals surface area contributed by atoms with E-state index in [0.717, 1.165) is 5.56 Å². The van der Waals surface area contributed by atoms with E-state index < -0.39 is 17.8 Å². The van der Waals surface area contributed by atoms with Gasteiger partial charge in [-0.05, 0) is 19.4 Å². The number of rotatable bonds is 4. The molecule has 0 unspecified atom stereocenters. The van der Waals surface area contributed by atoms with Crippen LogP contribution in [0.1, 0.15) is 25.8 Å². The third kappa shape index (κ3) is 3.50. The summed E-state index contributed by atoms with van der Waals surface area (Å²) in [5.41, 5.74) is 1.06. The first kappa shape index (κ1) is 18.8. The van der Waals surface area contributed by atoms with Crippen molar-refractivity contribution in [3.05, 3.63) is 35.9 Å².